The van der Waals surface area contributed by atoms with Gasteiger partial charge in [0.05, 0.1) is 22.9 Å². The number of amides is 1. The summed E-state index contributed by atoms with van der Waals surface area (Å²) in [6.45, 7) is 4.58. The average Bonchev–Trinajstić information content (AvgIpc) is 3.34. The van der Waals surface area contributed by atoms with E-state index in [1.807, 2.05) is 47.3 Å². The van der Waals surface area contributed by atoms with Gasteiger partial charge in [0.15, 0.2) is 0 Å². The van der Waals surface area contributed by atoms with E-state index in [-0.39, 0.29) is 5.91 Å². The van der Waals surface area contributed by atoms with Gasteiger partial charge in [-0.25, -0.2) is 9.67 Å². The first-order valence-corrected chi connectivity index (χ1v) is 10.6. The number of aryl methyl sites for hydroxylation is 1. The third-order valence-electron chi connectivity index (χ3n) is 4.97. The third kappa shape index (κ3) is 5.12. The molecule has 150 valence electrons. The van der Waals surface area contributed by atoms with Gasteiger partial charge in [-0.1, -0.05) is 12.1 Å². The van der Waals surface area contributed by atoms with Crippen molar-refractivity contribution in [2.45, 2.75) is 39.3 Å². The maximum atomic E-state index is 12.3. The molecule has 1 saturated carbocycles. The fraction of sp³-hybridized carbons (Fsp3) is 0.318. The van der Waals surface area contributed by atoms with Crippen molar-refractivity contribution in [3.8, 4) is 5.75 Å². The van der Waals surface area contributed by atoms with E-state index in [0.29, 0.717) is 18.6 Å². The van der Waals surface area contributed by atoms with Crippen LogP contribution in [0.4, 0.5) is 5.82 Å². The molecule has 0 bridgehead atoms. The highest BCUT2D eigenvalue weighted by molar-refractivity contribution is 7.09. The second kappa shape index (κ2) is 8.61. The summed E-state index contributed by atoms with van der Waals surface area (Å²) >= 11 is 1.62. The van der Waals surface area contributed by atoms with Gasteiger partial charge < -0.3 is 10.1 Å². The van der Waals surface area contributed by atoms with Crippen molar-refractivity contribution >= 4 is 29.1 Å². The summed E-state index contributed by atoms with van der Waals surface area (Å²) in [4.78, 5) is 16.7. The molecule has 29 heavy (non-hydrogen) atoms. The molecule has 6 nitrogen and oxygen atoms in total. The SMILES string of the molecule is Cc1nc(COc2ccc(/C=C/C(=O)Nc3ccnn3C(C)C3CC3)cc2)cs1. The van der Waals surface area contributed by atoms with Crippen molar-refractivity contribution in [2.24, 2.45) is 5.92 Å². The van der Waals surface area contributed by atoms with Gasteiger partial charge in [-0.05, 0) is 56.4 Å². The Kier molecular flexibility index (Phi) is 5.76. The topological polar surface area (TPSA) is 69.0 Å². The molecule has 1 aliphatic rings. The molecule has 1 fully saturated rings. The zero-order chi connectivity index (χ0) is 20.2. The van der Waals surface area contributed by atoms with E-state index in [0.717, 1.165) is 27.8 Å². The van der Waals surface area contributed by atoms with Crippen molar-refractivity contribution in [1.29, 1.82) is 0 Å². The number of hydrogen-bond acceptors (Lipinski definition) is 5. The largest absolute Gasteiger partial charge is 0.487 e. The first-order valence-electron chi connectivity index (χ1n) is 9.75. The standard InChI is InChI=1S/C22H24N4O2S/c1-15(18-6-7-18)26-21(11-12-23-26)25-22(27)10-5-17-3-8-20(9-4-17)28-13-19-14-29-16(2)24-19/h3-5,8-12,14-15,18H,6-7,13H2,1-2H3,(H,25,27)/b10-5+. The van der Waals surface area contributed by atoms with E-state index in [1.54, 1.807) is 23.6 Å². The number of thiazole rings is 1. The van der Waals surface area contributed by atoms with Gasteiger partial charge in [0, 0.05) is 17.5 Å². The summed E-state index contributed by atoms with van der Waals surface area (Å²) in [5.41, 5.74) is 1.86. The lowest BCUT2D eigenvalue weighted by atomic mass is 10.2. The molecule has 1 aliphatic carbocycles. The zero-order valence-corrected chi connectivity index (χ0v) is 17.4. The number of benzene rings is 1. The number of carbonyl (C=O) groups excluding carboxylic acids is 1. The first kappa shape index (κ1) is 19.4. The lowest BCUT2D eigenvalue weighted by Crippen LogP contribution is -2.16. The Hall–Kier alpha value is -2.93. The Morgan fingerprint density at radius 3 is 2.83 bits per heavy atom. The molecule has 2 heterocycles. The number of anilines is 1. The Bertz CT molecular complexity index is 1000. The Morgan fingerprint density at radius 1 is 1.34 bits per heavy atom. The smallest absolute Gasteiger partial charge is 0.249 e. The summed E-state index contributed by atoms with van der Waals surface area (Å²) in [5.74, 6) is 2.01. The van der Waals surface area contributed by atoms with Crippen LogP contribution in [-0.2, 0) is 11.4 Å². The van der Waals surface area contributed by atoms with Crippen molar-refractivity contribution in [3.05, 3.63) is 64.2 Å². The quantitative estimate of drug-likeness (QED) is 0.541. The van der Waals surface area contributed by atoms with Crippen LogP contribution in [0.15, 0.2) is 48.0 Å². The minimum Gasteiger partial charge on any atom is -0.487 e. The number of nitrogens with one attached hydrogen (secondary N) is 1. The molecular weight excluding hydrogens is 384 g/mol. The van der Waals surface area contributed by atoms with Gasteiger partial charge in [-0.2, -0.15) is 5.10 Å². The van der Waals surface area contributed by atoms with Crippen LogP contribution in [-0.4, -0.2) is 20.7 Å². The van der Waals surface area contributed by atoms with E-state index in [4.69, 9.17) is 4.74 Å². The second-order valence-electron chi connectivity index (χ2n) is 7.28. The van der Waals surface area contributed by atoms with Crippen molar-refractivity contribution in [1.82, 2.24) is 14.8 Å². The van der Waals surface area contributed by atoms with Crippen LogP contribution in [0, 0.1) is 12.8 Å². The molecular formula is C22H24N4O2S. The highest BCUT2D eigenvalue weighted by Gasteiger charge is 2.30. The van der Waals surface area contributed by atoms with E-state index in [9.17, 15) is 4.79 Å². The molecule has 0 aliphatic heterocycles. The summed E-state index contributed by atoms with van der Waals surface area (Å²) in [7, 11) is 0. The molecule has 1 atom stereocenters. The molecule has 0 saturated heterocycles. The number of rotatable bonds is 8. The number of hydrogen-bond donors (Lipinski definition) is 1. The van der Waals surface area contributed by atoms with Crippen LogP contribution < -0.4 is 10.1 Å². The second-order valence-corrected chi connectivity index (χ2v) is 8.34. The fourth-order valence-electron chi connectivity index (χ4n) is 3.16. The van der Waals surface area contributed by atoms with E-state index in [2.05, 4.69) is 22.3 Å². The van der Waals surface area contributed by atoms with Gasteiger partial charge in [0.2, 0.25) is 5.91 Å². The Morgan fingerprint density at radius 2 is 2.14 bits per heavy atom. The molecule has 1 N–H and O–H groups in total. The normalized spacial score (nSPS) is 14.8. The zero-order valence-electron chi connectivity index (χ0n) is 16.5. The maximum Gasteiger partial charge on any atom is 0.249 e. The number of nitrogens with zero attached hydrogens (tertiary/aromatic N) is 3. The summed E-state index contributed by atoms with van der Waals surface area (Å²) < 4.78 is 7.65. The maximum absolute atomic E-state index is 12.3. The summed E-state index contributed by atoms with van der Waals surface area (Å²) in [6.07, 6.45) is 7.51. The van der Waals surface area contributed by atoms with Crippen LogP contribution >= 0.6 is 11.3 Å². The number of aromatic nitrogens is 3. The molecule has 2 aromatic heterocycles. The molecule has 1 aromatic carbocycles. The predicted octanol–water partition coefficient (Wildman–Crippen LogP) is 4.85. The van der Waals surface area contributed by atoms with Crippen molar-refractivity contribution < 1.29 is 9.53 Å². The van der Waals surface area contributed by atoms with Gasteiger partial charge in [-0.15, -0.1) is 11.3 Å². The third-order valence-corrected chi connectivity index (χ3v) is 5.79. The van der Waals surface area contributed by atoms with Crippen molar-refractivity contribution in [3.63, 3.8) is 0 Å². The minimum atomic E-state index is -0.172. The van der Waals surface area contributed by atoms with Crippen LogP contribution in [0.1, 0.15) is 42.1 Å². The van der Waals surface area contributed by atoms with Gasteiger partial charge in [0.1, 0.15) is 18.2 Å². The highest BCUT2D eigenvalue weighted by atomic mass is 32.1. The van der Waals surface area contributed by atoms with Gasteiger partial charge in [-0.3, -0.25) is 4.79 Å². The van der Waals surface area contributed by atoms with Gasteiger partial charge >= 0.3 is 0 Å². The fourth-order valence-corrected chi connectivity index (χ4v) is 3.76. The monoisotopic (exact) mass is 408 g/mol. The number of ether oxygens (including phenoxy) is 1. The minimum absolute atomic E-state index is 0.172. The van der Waals surface area contributed by atoms with Crippen LogP contribution in [0.3, 0.4) is 0 Å². The van der Waals surface area contributed by atoms with Crippen molar-refractivity contribution in [2.75, 3.05) is 5.32 Å². The van der Waals surface area contributed by atoms with E-state index >= 15 is 0 Å². The first-order chi connectivity index (χ1) is 14.1. The molecule has 7 heteroatoms. The highest BCUT2D eigenvalue weighted by Crippen LogP contribution is 2.40. The molecule has 0 radical (unpaired) electrons. The summed E-state index contributed by atoms with van der Waals surface area (Å²) in [5, 5.41) is 10.3. The molecule has 4 rings (SSSR count). The van der Waals surface area contributed by atoms with Crippen LogP contribution in [0.25, 0.3) is 6.08 Å². The summed E-state index contributed by atoms with van der Waals surface area (Å²) in [6, 6.07) is 9.77. The Labute approximate surface area is 174 Å². The number of carbonyl (C=O) groups is 1. The predicted molar refractivity (Wildman–Crippen MR) is 115 cm³/mol. The Balaban J connectivity index is 1.30. The lowest BCUT2D eigenvalue weighted by molar-refractivity contribution is -0.111. The van der Waals surface area contributed by atoms with E-state index in [1.165, 1.54) is 18.9 Å². The van der Waals surface area contributed by atoms with Gasteiger partial charge in [0.25, 0.3) is 0 Å². The average molecular weight is 409 g/mol. The molecule has 3 aromatic rings. The van der Waals surface area contributed by atoms with Crippen LogP contribution in [0.5, 0.6) is 5.75 Å². The lowest BCUT2D eigenvalue weighted by Gasteiger charge is -2.14. The molecule has 1 amide bonds. The van der Waals surface area contributed by atoms with Crippen LogP contribution in [0.2, 0.25) is 0 Å². The van der Waals surface area contributed by atoms with E-state index < -0.39 is 0 Å². The molecule has 1 unspecified atom stereocenters. The molecule has 0 spiro atoms.